The number of halogens is 1. The monoisotopic (exact) mass is 316 g/mol. The van der Waals surface area contributed by atoms with Gasteiger partial charge in [-0.3, -0.25) is 10.6 Å². The Morgan fingerprint density at radius 1 is 1.39 bits per heavy atom. The summed E-state index contributed by atoms with van der Waals surface area (Å²) >= 11 is 3.35. The van der Waals surface area contributed by atoms with Crippen molar-refractivity contribution in [1.82, 2.24) is 10.9 Å². The van der Waals surface area contributed by atoms with Gasteiger partial charge in [-0.15, -0.1) is 0 Å². The number of hydroxylamine groups is 1. The van der Waals surface area contributed by atoms with Crippen molar-refractivity contribution in [3.8, 4) is 11.5 Å². The molecular formula is C10H13BrN4O3. The third kappa shape index (κ3) is 3.60. The first kappa shape index (κ1) is 14.3. The SMILES string of the molecule is COc1cc(OC)c(/C=N/NC(=N)NO)cc1Br. The van der Waals surface area contributed by atoms with Crippen molar-refractivity contribution in [2.24, 2.45) is 5.10 Å². The standard InChI is InChI=1S/C10H13BrN4O3/c1-17-8-4-9(18-2)7(11)3-6(8)5-13-14-10(12)15-16/h3-5,16H,1-2H3,(H3,12,14,15)/b13-5+. The van der Waals surface area contributed by atoms with Crippen LogP contribution in [0.5, 0.6) is 11.5 Å². The quantitative estimate of drug-likeness (QED) is 0.381. The molecule has 0 saturated carbocycles. The fraction of sp³-hybridized carbons (Fsp3) is 0.200. The number of rotatable bonds is 4. The molecule has 0 aromatic heterocycles. The van der Waals surface area contributed by atoms with Crippen LogP contribution in [0.15, 0.2) is 21.7 Å². The zero-order chi connectivity index (χ0) is 13.5. The van der Waals surface area contributed by atoms with Gasteiger partial charge in [0.2, 0.25) is 5.96 Å². The Morgan fingerprint density at radius 3 is 2.61 bits per heavy atom. The normalized spacial score (nSPS) is 10.2. The lowest BCUT2D eigenvalue weighted by Crippen LogP contribution is -2.30. The lowest BCUT2D eigenvalue weighted by atomic mass is 10.2. The van der Waals surface area contributed by atoms with E-state index in [4.69, 9.17) is 20.1 Å². The van der Waals surface area contributed by atoms with Gasteiger partial charge in [0.25, 0.3) is 0 Å². The minimum absolute atomic E-state index is 0.335. The molecule has 0 amide bonds. The first-order valence-electron chi connectivity index (χ1n) is 4.81. The summed E-state index contributed by atoms with van der Waals surface area (Å²) in [5, 5.41) is 19.2. The van der Waals surface area contributed by atoms with E-state index in [0.29, 0.717) is 17.1 Å². The highest BCUT2D eigenvalue weighted by Gasteiger charge is 2.07. The van der Waals surface area contributed by atoms with E-state index in [0.717, 1.165) is 4.47 Å². The number of nitrogens with one attached hydrogen (secondary N) is 3. The van der Waals surface area contributed by atoms with Gasteiger partial charge in [-0.25, -0.2) is 10.9 Å². The van der Waals surface area contributed by atoms with E-state index in [1.807, 2.05) is 0 Å². The Balaban J connectivity index is 2.94. The van der Waals surface area contributed by atoms with Crippen LogP contribution in [-0.2, 0) is 0 Å². The second-order valence-corrected chi connectivity index (χ2v) is 3.94. The van der Waals surface area contributed by atoms with Gasteiger partial charge in [0.05, 0.1) is 24.9 Å². The van der Waals surface area contributed by atoms with Crippen LogP contribution in [0.25, 0.3) is 0 Å². The molecule has 1 aromatic carbocycles. The third-order valence-corrected chi connectivity index (χ3v) is 2.62. The van der Waals surface area contributed by atoms with E-state index in [9.17, 15) is 0 Å². The molecule has 0 saturated heterocycles. The van der Waals surface area contributed by atoms with Gasteiger partial charge in [-0.2, -0.15) is 5.10 Å². The molecule has 4 N–H and O–H groups in total. The molecule has 0 bridgehead atoms. The van der Waals surface area contributed by atoms with Crippen LogP contribution >= 0.6 is 15.9 Å². The van der Waals surface area contributed by atoms with Gasteiger partial charge in [-0.1, -0.05) is 0 Å². The molecule has 0 fully saturated rings. The number of hydrogen-bond donors (Lipinski definition) is 4. The maximum Gasteiger partial charge on any atom is 0.233 e. The van der Waals surface area contributed by atoms with E-state index < -0.39 is 0 Å². The first-order chi connectivity index (χ1) is 8.62. The summed E-state index contributed by atoms with van der Waals surface area (Å²) in [6.45, 7) is 0. The molecular weight excluding hydrogens is 304 g/mol. The van der Waals surface area contributed by atoms with Crippen LogP contribution in [0.3, 0.4) is 0 Å². The van der Waals surface area contributed by atoms with Crippen LogP contribution in [0.1, 0.15) is 5.56 Å². The fourth-order valence-electron chi connectivity index (χ4n) is 1.18. The molecule has 1 aromatic rings. The zero-order valence-corrected chi connectivity index (χ0v) is 11.4. The van der Waals surface area contributed by atoms with Crippen LogP contribution in [-0.4, -0.2) is 31.6 Å². The summed E-state index contributed by atoms with van der Waals surface area (Å²) in [6, 6.07) is 3.47. The molecule has 7 nitrogen and oxygen atoms in total. The predicted molar refractivity (Wildman–Crippen MR) is 70.6 cm³/mol. The Kier molecular flexibility index (Phi) is 5.40. The van der Waals surface area contributed by atoms with E-state index in [-0.39, 0.29) is 5.96 Å². The number of nitrogens with zero attached hydrogens (tertiary/aromatic N) is 1. The average Bonchev–Trinajstić information content (AvgIpc) is 2.38. The third-order valence-electron chi connectivity index (χ3n) is 2.00. The minimum Gasteiger partial charge on any atom is -0.496 e. The molecule has 0 aliphatic rings. The zero-order valence-electron chi connectivity index (χ0n) is 9.82. The second kappa shape index (κ2) is 6.82. The summed E-state index contributed by atoms with van der Waals surface area (Å²) in [7, 11) is 3.09. The van der Waals surface area contributed by atoms with Gasteiger partial charge >= 0.3 is 0 Å². The lowest BCUT2D eigenvalue weighted by molar-refractivity contribution is 0.228. The van der Waals surface area contributed by atoms with E-state index in [1.54, 1.807) is 24.7 Å². The van der Waals surface area contributed by atoms with Crippen molar-refractivity contribution in [1.29, 1.82) is 5.41 Å². The molecule has 0 aliphatic heterocycles. The Bertz CT molecular complexity index is 465. The lowest BCUT2D eigenvalue weighted by Gasteiger charge is -2.09. The van der Waals surface area contributed by atoms with Gasteiger partial charge < -0.3 is 9.47 Å². The van der Waals surface area contributed by atoms with Crippen LogP contribution in [0.4, 0.5) is 0 Å². The summed E-state index contributed by atoms with van der Waals surface area (Å²) in [6.07, 6.45) is 1.45. The molecule has 0 atom stereocenters. The first-order valence-corrected chi connectivity index (χ1v) is 5.61. The Labute approximate surface area is 112 Å². The summed E-state index contributed by atoms with van der Waals surface area (Å²) in [5.74, 6) is 0.878. The molecule has 0 radical (unpaired) electrons. The van der Waals surface area contributed by atoms with Gasteiger partial charge in [0.1, 0.15) is 11.5 Å². The van der Waals surface area contributed by atoms with Crippen molar-refractivity contribution in [2.45, 2.75) is 0 Å². The summed E-state index contributed by atoms with van der Waals surface area (Å²) < 4.78 is 11.1. The fourth-order valence-corrected chi connectivity index (χ4v) is 1.70. The Hall–Kier alpha value is -1.80. The van der Waals surface area contributed by atoms with E-state index >= 15 is 0 Å². The van der Waals surface area contributed by atoms with Gasteiger partial charge in [-0.05, 0) is 22.0 Å². The highest BCUT2D eigenvalue weighted by atomic mass is 79.9. The molecule has 0 unspecified atom stereocenters. The topological polar surface area (TPSA) is 99.0 Å². The van der Waals surface area contributed by atoms with Crippen molar-refractivity contribution in [3.63, 3.8) is 0 Å². The molecule has 0 heterocycles. The Morgan fingerprint density at radius 2 is 2.06 bits per heavy atom. The number of hydrazone groups is 1. The van der Waals surface area contributed by atoms with Crippen LogP contribution < -0.4 is 20.4 Å². The predicted octanol–water partition coefficient (Wildman–Crippen LogP) is 1.30. The number of benzene rings is 1. The van der Waals surface area contributed by atoms with Crippen molar-refractivity contribution in [3.05, 3.63) is 22.2 Å². The van der Waals surface area contributed by atoms with Crippen molar-refractivity contribution >= 4 is 28.1 Å². The number of ether oxygens (including phenoxy) is 2. The average molecular weight is 317 g/mol. The number of hydrogen-bond acceptors (Lipinski definition) is 5. The van der Waals surface area contributed by atoms with Crippen LogP contribution in [0.2, 0.25) is 0 Å². The maximum atomic E-state index is 8.39. The van der Waals surface area contributed by atoms with Gasteiger partial charge in [0, 0.05) is 11.6 Å². The summed E-state index contributed by atoms with van der Waals surface area (Å²) in [4.78, 5) is 0. The number of methoxy groups -OCH3 is 2. The van der Waals surface area contributed by atoms with Crippen molar-refractivity contribution in [2.75, 3.05) is 14.2 Å². The molecule has 1 rings (SSSR count). The molecule has 8 heteroatoms. The highest BCUT2D eigenvalue weighted by Crippen LogP contribution is 2.31. The minimum atomic E-state index is -0.335. The molecule has 98 valence electrons. The molecule has 0 aliphatic carbocycles. The molecule has 0 spiro atoms. The highest BCUT2D eigenvalue weighted by molar-refractivity contribution is 9.10. The van der Waals surface area contributed by atoms with Gasteiger partial charge in [0.15, 0.2) is 0 Å². The van der Waals surface area contributed by atoms with E-state index in [1.165, 1.54) is 13.3 Å². The van der Waals surface area contributed by atoms with Crippen molar-refractivity contribution < 1.29 is 14.7 Å². The largest absolute Gasteiger partial charge is 0.496 e. The van der Waals surface area contributed by atoms with E-state index in [2.05, 4.69) is 26.5 Å². The van der Waals surface area contributed by atoms with Crippen LogP contribution in [0, 0.1) is 5.41 Å². The summed E-state index contributed by atoms with van der Waals surface area (Å²) in [5.41, 5.74) is 4.56. The maximum absolute atomic E-state index is 8.39. The second-order valence-electron chi connectivity index (χ2n) is 3.09. The molecule has 18 heavy (non-hydrogen) atoms. The number of guanidine groups is 1. The smallest absolute Gasteiger partial charge is 0.233 e.